The number of nitrogens with zero attached hydrogens (tertiary/aromatic N) is 2. The molecule has 1 atom stereocenters. The van der Waals surface area contributed by atoms with E-state index in [1.54, 1.807) is 11.8 Å². The van der Waals surface area contributed by atoms with Gasteiger partial charge in [-0.3, -0.25) is 0 Å². The second kappa shape index (κ2) is 5.57. The molecule has 0 saturated carbocycles. The number of thioether (sulfide) groups is 1. The van der Waals surface area contributed by atoms with Crippen molar-refractivity contribution in [2.75, 3.05) is 6.54 Å². The van der Waals surface area contributed by atoms with E-state index in [-0.39, 0.29) is 0 Å². The van der Waals surface area contributed by atoms with Crippen LogP contribution in [0.3, 0.4) is 0 Å². The molecule has 1 aromatic rings. The van der Waals surface area contributed by atoms with E-state index in [0.717, 1.165) is 29.6 Å². The minimum absolute atomic E-state index is 0.595. The first-order valence-electron chi connectivity index (χ1n) is 4.43. The SMILES string of the molecule is CCC(CCN)Sc1nc(C)ns1. The average molecular weight is 217 g/mol. The molecule has 13 heavy (non-hydrogen) atoms. The highest BCUT2D eigenvalue weighted by Gasteiger charge is 2.10. The van der Waals surface area contributed by atoms with Gasteiger partial charge in [0.15, 0.2) is 4.34 Å². The predicted octanol–water partition coefficient (Wildman–Crippen LogP) is 2.07. The maximum atomic E-state index is 5.52. The Labute approximate surface area is 87.3 Å². The van der Waals surface area contributed by atoms with Crippen LogP contribution >= 0.6 is 23.3 Å². The van der Waals surface area contributed by atoms with Gasteiger partial charge >= 0.3 is 0 Å². The fourth-order valence-corrected chi connectivity index (χ4v) is 3.01. The van der Waals surface area contributed by atoms with E-state index in [1.165, 1.54) is 11.5 Å². The highest BCUT2D eigenvalue weighted by molar-refractivity contribution is 8.01. The van der Waals surface area contributed by atoms with Crippen molar-refractivity contribution in [2.24, 2.45) is 5.73 Å². The Balaban J connectivity index is 2.46. The maximum absolute atomic E-state index is 5.52. The topological polar surface area (TPSA) is 51.8 Å². The van der Waals surface area contributed by atoms with Crippen molar-refractivity contribution in [3.63, 3.8) is 0 Å². The van der Waals surface area contributed by atoms with Crippen LogP contribution in [-0.2, 0) is 0 Å². The molecule has 0 aliphatic heterocycles. The summed E-state index contributed by atoms with van der Waals surface area (Å²) in [4.78, 5) is 4.31. The smallest absolute Gasteiger partial charge is 0.170 e. The van der Waals surface area contributed by atoms with Gasteiger partial charge in [0.1, 0.15) is 5.82 Å². The highest BCUT2D eigenvalue weighted by atomic mass is 32.2. The number of hydrogen-bond donors (Lipinski definition) is 1. The van der Waals surface area contributed by atoms with Crippen molar-refractivity contribution in [1.29, 1.82) is 0 Å². The van der Waals surface area contributed by atoms with E-state index in [0.29, 0.717) is 5.25 Å². The molecule has 0 aliphatic rings. The van der Waals surface area contributed by atoms with Crippen LogP contribution in [0.25, 0.3) is 0 Å². The van der Waals surface area contributed by atoms with Gasteiger partial charge < -0.3 is 5.73 Å². The van der Waals surface area contributed by atoms with Gasteiger partial charge in [-0.25, -0.2) is 4.98 Å². The normalized spacial score (nSPS) is 13.2. The monoisotopic (exact) mass is 217 g/mol. The first-order valence-corrected chi connectivity index (χ1v) is 6.08. The molecule has 1 aromatic heterocycles. The Bertz CT molecular complexity index is 249. The molecule has 1 heterocycles. The van der Waals surface area contributed by atoms with E-state index in [2.05, 4.69) is 16.3 Å². The van der Waals surface area contributed by atoms with Crippen molar-refractivity contribution >= 4 is 23.3 Å². The maximum Gasteiger partial charge on any atom is 0.170 e. The Morgan fingerprint density at radius 1 is 1.62 bits per heavy atom. The highest BCUT2D eigenvalue weighted by Crippen LogP contribution is 2.28. The summed E-state index contributed by atoms with van der Waals surface area (Å²) in [5, 5.41) is 0.595. The van der Waals surface area contributed by atoms with E-state index in [4.69, 9.17) is 5.73 Å². The fraction of sp³-hybridized carbons (Fsp3) is 0.750. The van der Waals surface area contributed by atoms with Crippen molar-refractivity contribution < 1.29 is 0 Å². The summed E-state index contributed by atoms with van der Waals surface area (Å²) in [6.45, 7) is 4.86. The third kappa shape index (κ3) is 3.62. The van der Waals surface area contributed by atoms with Crippen molar-refractivity contribution in [1.82, 2.24) is 9.36 Å². The van der Waals surface area contributed by atoms with E-state index >= 15 is 0 Å². The summed E-state index contributed by atoms with van der Waals surface area (Å²) in [7, 11) is 0. The van der Waals surface area contributed by atoms with Crippen LogP contribution in [-0.4, -0.2) is 21.2 Å². The van der Waals surface area contributed by atoms with Gasteiger partial charge in [0.25, 0.3) is 0 Å². The van der Waals surface area contributed by atoms with Crippen LogP contribution in [0.5, 0.6) is 0 Å². The molecule has 3 nitrogen and oxygen atoms in total. The molecule has 0 amide bonds. The molecular weight excluding hydrogens is 202 g/mol. The minimum atomic E-state index is 0.595. The van der Waals surface area contributed by atoms with Crippen molar-refractivity contribution in [3.8, 4) is 0 Å². The molecule has 0 saturated heterocycles. The minimum Gasteiger partial charge on any atom is -0.330 e. The molecule has 0 fully saturated rings. The lowest BCUT2D eigenvalue weighted by atomic mass is 10.2. The van der Waals surface area contributed by atoms with Gasteiger partial charge in [0, 0.05) is 5.25 Å². The van der Waals surface area contributed by atoms with Crippen LogP contribution in [0.4, 0.5) is 0 Å². The van der Waals surface area contributed by atoms with Crippen LogP contribution in [0.15, 0.2) is 4.34 Å². The van der Waals surface area contributed by atoms with E-state index < -0.39 is 0 Å². The van der Waals surface area contributed by atoms with Crippen molar-refractivity contribution in [2.45, 2.75) is 36.3 Å². The van der Waals surface area contributed by atoms with Crippen LogP contribution in [0.1, 0.15) is 25.6 Å². The lowest BCUT2D eigenvalue weighted by molar-refractivity contribution is 0.745. The number of hydrogen-bond acceptors (Lipinski definition) is 5. The molecular formula is C8H15N3S2. The first-order chi connectivity index (χ1) is 6.26. The van der Waals surface area contributed by atoms with Gasteiger partial charge in [-0.2, -0.15) is 4.37 Å². The lowest BCUT2D eigenvalue weighted by Gasteiger charge is -2.09. The predicted molar refractivity (Wildman–Crippen MR) is 58.3 cm³/mol. The average Bonchev–Trinajstić information content (AvgIpc) is 2.50. The van der Waals surface area contributed by atoms with Gasteiger partial charge in [0.2, 0.25) is 0 Å². The lowest BCUT2D eigenvalue weighted by Crippen LogP contribution is -2.09. The quantitative estimate of drug-likeness (QED) is 0.767. The Morgan fingerprint density at radius 3 is 2.85 bits per heavy atom. The largest absolute Gasteiger partial charge is 0.330 e. The standard InChI is InChI=1S/C8H15N3S2/c1-3-7(4-5-9)12-8-10-6(2)11-13-8/h7H,3-5,9H2,1-2H3. The Hall–Kier alpha value is -0.130. The summed E-state index contributed by atoms with van der Waals surface area (Å²) in [5.41, 5.74) is 5.52. The molecule has 0 bridgehead atoms. The van der Waals surface area contributed by atoms with Gasteiger partial charge in [-0.1, -0.05) is 18.7 Å². The molecule has 0 spiro atoms. The zero-order chi connectivity index (χ0) is 9.68. The molecule has 74 valence electrons. The van der Waals surface area contributed by atoms with E-state index in [1.807, 2.05) is 6.92 Å². The van der Waals surface area contributed by atoms with Crippen LogP contribution < -0.4 is 5.73 Å². The zero-order valence-corrected chi connectivity index (χ0v) is 9.62. The van der Waals surface area contributed by atoms with Gasteiger partial charge in [0.05, 0.1) is 0 Å². The second-order valence-corrected chi connectivity index (χ2v) is 5.13. The third-order valence-electron chi connectivity index (χ3n) is 1.72. The van der Waals surface area contributed by atoms with Gasteiger partial charge in [-0.15, -0.1) is 0 Å². The second-order valence-electron chi connectivity index (χ2n) is 2.83. The molecule has 1 unspecified atom stereocenters. The molecule has 5 heteroatoms. The summed E-state index contributed by atoms with van der Waals surface area (Å²) >= 11 is 3.28. The molecule has 0 aromatic carbocycles. The fourth-order valence-electron chi connectivity index (χ4n) is 1.00. The number of nitrogens with two attached hydrogens (primary N) is 1. The van der Waals surface area contributed by atoms with Crippen molar-refractivity contribution in [3.05, 3.63) is 5.82 Å². The van der Waals surface area contributed by atoms with Gasteiger partial charge in [-0.05, 0) is 37.8 Å². The van der Waals surface area contributed by atoms with Crippen LogP contribution in [0, 0.1) is 6.92 Å². The summed E-state index contributed by atoms with van der Waals surface area (Å²) in [6.07, 6.45) is 2.19. The zero-order valence-electron chi connectivity index (χ0n) is 7.99. The molecule has 0 radical (unpaired) electrons. The summed E-state index contributed by atoms with van der Waals surface area (Å²) < 4.78 is 5.21. The number of rotatable bonds is 5. The summed E-state index contributed by atoms with van der Waals surface area (Å²) in [5.74, 6) is 0.870. The Morgan fingerprint density at radius 2 is 2.38 bits per heavy atom. The summed E-state index contributed by atoms with van der Waals surface area (Å²) in [6, 6.07) is 0. The molecule has 1 rings (SSSR count). The molecule has 0 aliphatic carbocycles. The van der Waals surface area contributed by atoms with Crippen LogP contribution in [0.2, 0.25) is 0 Å². The number of aromatic nitrogens is 2. The number of aryl methyl sites for hydroxylation is 1. The first kappa shape index (κ1) is 10.9. The van der Waals surface area contributed by atoms with E-state index in [9.17, 15) is 0 Å². The molecule has 2 N–H and O–H groups in total. The third-order valence-corrected chi connectivity index (χ3v) is 4.03. The Kier molecular flexibility index (Phi) is 4.69.